The molecule has 0 aliphatic carbocycles. The van der Waals surface area contributed by atoms with Crippen molar-refractivity contribution in [2.24, 2.45) is 0 Å². The second-order valence-electron chi connectivity index (χ2n) is 9.94. The highest BCUT2D eigenvalue weighted by Gasteiger charge is 2.31. The number of benzene rings is 2. The van der Waals surface area contributed by atoms with Gasteiger partial charge in [0.2, 0.25) is 17.5 Å². The lowest BCUT2D eigenvalue weighted by atomic mass is 10.1. The van der Waals surface area contributed by atoms with E-state index in [0.717, 1.165) is 0 Å². The Morgan fingerprint density at radius 3 is 2.23 bits per heavy atom. The molecule has 40 heavy (non-hydrogen) atoms. The number of esters is 1. The molecule has 1 amide bonds. The Morgan fingerprint density at radius 1 is 1.00 bits per heavy atom. The van der Waals surface area contributed by atoms with E-state index in [-0.39, 0.29) is 12.5 Å². The molecule has 0 saturated carbocycles. The average Bonchev–Trinajstić information content (AvgIpc) is 2.87. The minimum Gasteiger partial charge on any atom is -0.479 e. The van der Waals surface area contributed by atoms with E-state index < -0.39 is 82.9 Å². The zero-order valence-electron chi connectivity index (χ0n) is 22.2. The van der Waals surface area contributed by atoms with Crippen LogP contribution in [-0.2, 0) is 19.1 Å². The lowest BCUT2D eigenvalue weighted by Gasteiger charge is -2.24. The first kappa shape index (κ1) is 30.3. The first-order valence-electron chi connectivity index (χ1n) is 12.3. The number of fused-ring (bicyclic) bond motifs is 1. The first-order chi connectivity index (χ1) is 18.7. The molecule has 0 radical (unpaired) electrons. The summed E-state index contributed by atoms with van der Waals surface area (Å²) in [7, 11) is 0. The van der Waals surface area contributed by atoms with Crippen LogP contribution in [-0.4, -0.2) is 40.5 Å². The van der Waals surface area contributed by atoms with Crippen molar-refractivity contribution in [3.63, 3.8) is 0 Å². The molecule has 8 nitrogen and oxygen atoms in total. The maximum Gasteiger partial charge on any atom is 0.308 e. The predicted octanol–water partition coefficient (Wildman–Crippen LogP) is 4.37. The van der Waals surface area contributed by atoms with Gasteiger partial charge in [-0.3, -0.25) is 19.2 Å². The van der Waals surface area contributed by atoms with Crippen molar-refractivity contribution in [2.45, 2.75) is 58.2 Å². The monoisotopic (exact) mass is 564 g/mol. The van der Waals surface area contributed by atoms with Crippen LogP contribution in [0.15, 0.2) is 47.4 Å². The zero-order valence-corrected chi connectivity index (χ0v) is 22.2. The van der Waals surface area contributed by atoms with Crippen LogP contribution < -0.4 is 15.6 Å². The molecule has 1 N–H and O–H groups in total. The standard InChI is InChI=1S/C28H28F4N2O6/c1-5-20(34-11-10-15-8-6-7-9-16(15)27(34)38)26(37)33-19(13-22(36)40-28(2,3)4)21(35)14-39-25-23(31)17(29)12-18(30)24(25)32/h6-12,19-20H,5,13-14H2,1-4H3,(H,33,37)/t19-,20-/m0/s1. The van der Waals surface area contributed by atoms with Crippen molar-refractivity contribution in [2.75, 3.05) is 6.61 Å². The van der Waals surface area contributed by atoms with Crippen molar-refractivity contribution in [3.8, 4) is 5.75 Å². The van der Waals surface area contributed by atoms with Crippen molar-refractivity contribution in [3.05, 3.63) is 76.2 Å². The SMILES string of the molecule is CC[C@@H](C(=O)N[C@@H](CC(=O)OC(C)(C)C)C(=O)COc1c(F)c(F)cc(F)c1F)n1ccc2ccccc2c1=O. The van der Waals surface area contributed by atoms with Gasteiger partial charge in [-0.2, -0.15) is 8.78 Å². The van der Waals surface area contributed by atoms with Crippen LogP contribution in [0.2, 0.25) is 0 Å². The van der Waals surface area contributed by atoms with Crippen LogP contribution >= 0.6 is 0 Å². The number of hydrogen-bond acceptors (Lipinski definition) is 6. The molecule has 0 fully saturated rings. The molecule has 2 atom stereocenters. The Kier molecular flexibility index (Phi) is 9.33. The van der Waals surface area contributed by atoms with Gasteiger partial charge in [0, 0.05) is 17.6 Å². The second-order valence-corrected chi connectivity index (χ2v) is 9.94. The van der Waals surface area contributed by atoms with Crippen LogP contribution in [0.3, 0.4) is 0 Å². The maximum atomic E-state index is 14.0. The van der Waals surface area contributed by atoms with Crippen LogP contribution in [0.5, 0.6) is 5.75 Å². The molecule has 0 unspecified atom stereocenters. The number of hydrogen-bond donors (Lipinski definition) is 1. The van der Waals surface area contributed by atoms with E-state index in [1.165, 1.54) is 10.8 Å². The number of nitrogens with one attached hydrogen (secondary N) is 1. The Labute approximate surface area is 226 Å². The van der Waals surface area contributed by atoms with Crippen LogP contribution in [0.1, 0.15) is 46.6 Å². The number of carbonyl (C=O) groups excluding carboxylic acids is 3. The third kappa shape index (κ3) is 7.04. The summed E-state index contributed by atoms with van der Waals surface area (Å²) in [5.41, 5.74) is -1.40. The zero-order chi connectivity index (χ0) is 29.8. The van der Waals surface area contributed by atoms with Crippen molar-refractivity contribution in [1.29, 1.82) is 0 Å². The smallest absolute Gasteiger partial charge is 0.308 e. The Balaban J connectivity index is 1.87. The van der Waals surface area contributed by atoms with Gasteiger partial charge in [0.25, 0.3) is 5.56 Å². The van der Waals surface area contributed by atoms with E-state index in [1.54, 1.807) is 58.0 Å². The van der Waals surface area contributed by atoms with Crippen LogP contribution in [0.25, 0.3) is 10.8 Å². The molecule has 3 rings (SSSR count). The third-order valence-corrected chi connectivity index (χ3v) is 5.79. The molecular weight excluding hydrogens is 536 g/mol. The van der Waals surface area contributed by atoms with E-state index in [1.807, 2.05) is 0 Å². The topological polar surface area (TPSA) is 104 Å². The van der Waals surface area contributed by atoms with Crippen molar-refractivity contribution >= 4 is 28.4 Å². The van der Waals surface area contributed by atoms with Crippen LogP contribution in [0, 0.1) is 23.3 Å². The molecule has 0 bridgehead atoms. The van der Waals surface area contributed by atoms with Gasteiger partial charge in [0.05, 0.1) is 6.42 Å². The van der Waals surface area contributed by atoms with Crippen molar-refractivity contribution in [1.82, 2.24) is 9.88 Å². The fourth-order valence-corrected chi connectivity index (χ4v) is 3.94. The van der Waals surface area contributed by atoms with E-state index in [4.69, 9.17) is 9.47 Å². The number of nitrogens with zero attached hydrogens (tertiary/aromatic N) is 1. The Bertz CT molecular complexity index is 1470. The largest absolute Gasteiger partial charge is 0.479 e. The molecule has 0 aliphatic rings. The molecule has 0 aliphatic heterocycles. The molecule has 2 aromatic carbocycles. The summed E-state index contributed by atoms with van der Waals surface area (Å²) in [6.07, 6.45) is 0.847. The highest BCUT2D eigenvalue weighted by atomic mass is 19.2. The summed E-state index contributed by atoms with van der Waals surface area (Å²) >= 11 is 0. The minimum atomic E-state index is -1.86. The van der Waals surface area contributed by atoms with Crippen molar-refractivity contribution < 1.29 is 41.4 Å². The molecule has 12 heteroatoms. The lowest BCUT2D eigenvalue weighted by Crippen LogP contribution is -2.48. The van der Waals surface area contributed by atoms with E-state index >= 15 is 0 Å². The van der Waals surface area contributed by atoms with Gasteiger partial charge in [-0.05, 0) is 44.7 Å². The summed E-state index contributed by atoms with van der Waals surface area (Å²) in [5, 5.41) is 3.40. The van der Waals surface area contributed by atoms with Gasteiger partial charge in [-0.25, -0.2) is 8.78 Å². The third-order valence-electron chi connectivity index (χ3n) is 5.79. The number of rotatable bonds is 10. The van der Waals surface area contributed by atoms with E-state index in [2.05, 4.69) is 5.32 Å². The molecule has 1 heterocycles. The van der Waals surface area contributed by atoms with Gasteiger partial charge in [-0.1, -0.05) is 25.1 Å². The Morgan fingerprint density at radius 2 is 1.62 bits per heavy atom. The highest BCUT2D eigenvalue weighted by Crippen LogP contribution is 2.26. The summed E-state index contributed by atoms with van der Waals surface area (Å²) in [4.78, 5) is 51.8. The number of Topliss-reactive ketones (excluding diaryl/α,β-unsaturated/α-hetero) is 1. The summed E-state index contributed by atoms with van der Waals surface area (Å²) < 4.78 is 66.2. The summed E-state index contributed by atoms with van der Waals surface area (Å²) in [5.74, 6) is -11.4. The quantitative estimate of drug-likeness (QED) is 0.223. The summed E-state index contributed by atoms with van der Waals surface area (Å²) in [6.45, 7) is 5.20. The first-order valence-corrected chi connectivity index (χ1v) is 12.3. The van der Waals surface area contributed by atoms with Gasteiger partial charge in [0.1, 0.15) is 24.3 Å². The molecule has 214 valence electrons. The maximum absolute atomic E-state index is 14.0. The molecule has 1 aromatic heterocycles. The van der Waals surface area contributed by atoms with E-state index in [0.29, 0.717) is 10.8 Å². The van der Waals surface area contributed by atoms with E-state index in [9.17, 15) is 36.7 Å². The number of ether oxygens (including phenoxy) is 2. The highest BCUT2D eigenvalue weighted by molar-refractivity contribution is 5.94. The minimum absolute atomic E-state index is 0.0233. The van der Waals surface area contributed by atoms with Crippen LogP contribution in [0.4, 0.5) is 17.6 Å². The number of pyridine rings is 1. The number of ketones is 1. The average molecular weight is 565 g/mol. The lowest BCUT2D eigenvalue weighted by molar-refractivity contribution is -0.156. The fraction of sp³-hybridized carbons (Fsp3) is 0.357. The molecular formula is C28H28F4N2O6. The van der Waals surface area contributed by atoms with Gasteiger partial charge >= 0.3 is 5.97 Å². The molecule has 0 spiro atoms. The normalized spacial score (nSPS) is 13.0. The number of aromatic nitrogens is 1. The molecule has 0 saturated heterocycles. The number of halogens is 4. The van der Waals surface area contributed by atoms with Gasteiger partial charge in [-0.15, -0.1) is 0 Å². The molecule has 3 aromatic rings. The number of carbonyl (C=O) groups is 3. The number of amides is 1. The predicted molar refractivity (Wildman–Crippen MR) is 137 cm³/mol. The fourth-order valence-electron chi connectivity index (χ4n) is 3.94. The Hall–Kier alpha value is -4.22. The van der Waals surface area contributed by atoms with Gasteiger partial charge in [0.15, 0.2) is 23.2 Å². The van der Waals surface area contributed by atoms with Gasteiger partial charge < -0.3 is 19.4 Å². The summed E-state index contributed by atoms with van der Waals surface area (Å²) in [6, 6.07) is 5.64. The second kappa shape index (κ2) is 12.3.